The van der Waals surface area contributed by atoms with Crippen LogP contribution in [0.4, 0.5) is 5.82 Å². The number of carbonyl (C=O) groups is 1. The van der Waals surface area contributed by atoms with Gasteiger partial charge in [0.1, 0.15) is 35.2 Å². The molecule has 7 rings (SSSR count). The number of amides is 1. The molecule has 6 aromatic rings. The van der Waals surface area contributed by atoms with Crippen LogP contribution < -0.4 is 20.5 Å². The Morgan fingerprint density at radius 3 is 2.02 bits per heavy atom. The molecule has 0 aliphatic carbocycles. The van der Waals surface area contributed by atoms with E-state index < -0.39 is 42.9 Å². The molecule has 0 unspecified atom stereocenters. The Bertz CT molecular complexity index is 2550. The highest BCUT2D eigenvalue weighted by molar-refractivity contribution is 7.62. The Labute approximate surface area is 361 Å². The number of imidazole rings is 1. The summed E-state index contributed by atoms with van der Waals surface area (Å²) in [5.74, 6) is 1.07. The monoisotopic (exact) mass is 857 g/mol. The quantitative estimate of drug-likeness (QED) is 0.0667. The number of nitriles is 1. The van der Waals surface area contributed by atoms with E-state index in [1.54, 1.807) is 38.5 Å². The fraction of sp³-hybridized carbons (Fsp3) is 0.340. The molecule has 1 amide bonds. The zero-order valence-electron chi connectivity index (χ0n) is 35.7. The molecular formula is C47H52N7O7P. The molecule has 3 atom stereocenters. The smallest absolute Gasteiger partial charge is 0.329 e. The highest BCUT2D eigenvalue weighted by Crippen LogP contribution is 2.61. The van der Waals surface area contributed by atoms with Crippen LogP contribution in [0.1, 0.15) is 73.8 Å². The number of rotatable bonds is 17. The van der Waals surface area contributed by atoms with E-state index in [4.69, 9.17) is 18.9 Å². The van der Waals surface area contributed by atoms with Crippen LogP contribution >= 0.6 is 7.29 Å². The highest BCUT2D eigenvalue weighted by Gasteiger charge is 2.50. The number of ether oxygens (including phenoxy) is 4. The summed E-state index contributed by atoms with van der Waals surface area (Å²) >= 11 is 0. The van der Waals surface area contributed by atoms with Crippen LogP contribution in [0, 0.1) is 11.3 Å². The molecule has 3 heterocycles. The number of anilines is 1. The molecule has 0 spiro atoms. The predicted octanol–water partition coefficient (Wildman–Crippen LogP) is 8.36. The lowest BCUT2D eigenvalue weighted by molar-refractivity contribution is -0.0840. The van der Waals surface area contributed by atoms with Gasteiger partial charge in [-0.15, -0.1) is 0 Å². The van der Waals surface area contributed by atoms with Crippen LogP contribution in [0.5, 0.6) is 11.5 Å². The highest BCUT2D eigenvalue weighted by atomic mass is 31.2. The normalized spacial score (nSPS) is 16.8. The average molecular weight is 858 g/mol. The van der Waals surface area contributed by atoms with Crippen molar-refractivity contribution in [1.29, 1.82) is 5.26 Å². The van der Waals surface area contributed by atoms with Crippen LogP contribution in [-0.4, -0.2) is 80.9 Å². The molecule has 0 saturated carbocycles. The lowest BCUT2D eigenvalue weighted by atomic mass is 9.80. The zero-order chi connectivity index (χ0) is 44.0. The van der Waals surface area contributed by atoms with E-state index in [0.717, 1.165) is 16.7 Å². The standard InChI is InChI=1S/C47H52N7O7P/c1-31(2)62(57,32(3)4)53(27-13-26-48)39-28-41(54-44-42(51-46(54)56)43(49-30-50-44)52-45(55)33-14-9-7-10-15-33)61-40(39)29-60-47(34-16-11-8-12-17-34,35-18-22-37(58-5)23-19-35)36-20-24-38(59-6)25-21-36/h7-12,14-25,30-32,39-41H,13,27-29H2,1-6H3,(H,51,56)(H,49,50,52,55)/t39-,40-,41+/m0/s1. The predicted molar refractivity (Wildman–Crippen MR) is 238 cm³/mol. The van der Waals surface area contributed by atoms with Crippen molar-refractivity contribution < 1.29 is 28.3 Å². The number of aromatic amines is 1. The molecule has 4 aromatic carbocycles. The first-order valence-corrected chi connectivity index (χ1v) is 22.4. The van der Waals surface area contributed by atoms with Crippen LogP contribution in [0.15, 0.2) is 120 Å². The van der Waals surface area contributed by atoms with E-state index in [1.807, 2.05) is 117 Å². The molecule has 1 aliphatic rings. The average Bonchev–Trinajstić information content (AvgIpc) is 3.87. The number of nitrogens with one attached hydrogen (secondary N) is 2. The summed E-state index contributed by atoms with van der Waals surface area (Å²) in [4.78, 5) is 38.9. The van der Waals surface area contributed by atoms with Gasteiger partial charge < -0.3 is 33.8 Å². The summed E-state index contributed by atoms with van der Waals surface area (Å²) in [5.41, 5.74) is 1.06. The first kappa shape index (κ1) is 44.0. The van der Waals surface area contributed by atoms with Gasteiger partial charge >= 0.3 is 5.69 Å². The Morgan fingerprint density at radius 1 is 0.903 bits per heavy atom. The summed E-state index contributed by atoms with van der Waals surface area (Å²) in [7, 11) is 0.0202. The van der Waals surface area contributed by atoms with Gasteiger partial charge in [0.05, 0.1) is 33.0 Å². The minimum Gasteiger partial charge on any atom is -0.497 e. The zero-order valence-corrected chi connectivity index (χ0v) is 36.6. The van der Waals surface area contributed by atoms with Gasteiger partial charge in [-0.1, -0.05) is 100 Å². The van der Waals surface area contributed by atoms with Crippen molar-refractivity contribution in [2.24, 2.45) is 0 Å². The number of fused-ring (bicyclic) bond motifs is 1. The molecule has 322 valence electrons. The third kappa shape index (κ3) is 8.41. The summed E-state index contributed by atoms with van der Waals surface area (Å²) in [6.07, 6.45) is -0.0978. The van der Waals surface area contributed by atoms with Gasteiger partial charge in [0, 0.05) is 42.3 Å². The second kappa shape index (κ2) is 18.9. The largest absolute Gasteiger partial charge is 0.497 e. The first-order chi connectivity index (χ1) is 30.0. The van der Waals surface area contributed by atoms with E-state index in [1.165, 1.54) is 10.9 Å². The number of nitrogens with zero attached hydrogens (tertiary/aromatic N) is 5. The number of benzene rings is 4. The number of hydrogen-bond acceptors (Lipinski definition) is 10. The molecule has 1 fully saturated rings. The molecule has 1 aliphatic heterocycles. The van der Waals surface area contributed by atoms with E-state index in [0.29, 0.717) is 17.1 Å². The van der Waals surface area contributed by atoms with Gasteiger partial charge in [0.15, 0.2) is 18.8 Å². The molecule has 0 radical (unpaired) electrons. The van der Waals surface area contributed by atoms with Crippen molar-refractivity contribution >= 4 is 30.2 Å². The lowest BCUT2D eigenvalue weighted by Crippen LogP contribution is -2.46. The van der Waals surface area contributed by atoms with Gasteiger partial charge in [0.25, 0.3) is 5.91 Å². The number of H-pyrrole nitrogens is 1. The third-order valence-corrected chi connectivity index (χ3v) is 15.9. The van der Waals surface area contributed by atoms with Gasteiger partial charge in [-0.2, -0.15) is 5.26 Å². The maximum absolute atomic E-state index is 15.4. The summed E-state index contributed by atoms with van der Waals surface area (Å²) in [5, 5.41) is 12.7. The topological polar surface area (TPSA) is 174 Å². The lowest BCUT2D eigenvalue weighted by Gasteiger charge is -2.43. The van der Waals surface area contributed by atoms with Crippen molar-refractivity contribution in [3.63, 3.8) is 0 Å². The van der Waals surface area contributed by atoms with E-state index in [-0.39, 0.29) is 54.3 Å². The minimum atomic E-state index is -3.21. The van der Waals surface area contributed by atoms with Gasteiger partial charge in [-0.05, 0) is 53.1 Å². The molecule has 15 heteroatoms. The summed E-state index contributed by atoms with van der Waals surface area (Å²) in [6.45, 7) is 7.96. The van der Waals surface area contributed by atoms with Crippen molar-refractivity contribution in [3.8, 4) is 17.6 Å². The molecule has 0 bridgehead atoms. The van der Waals surface area contributed by atoms with Gasteiger partial charge in [-0.3, -0.25) is 4.79 Å². The van der Waals surface area contributed by atoms with E-state index in [9.17, 15) is 14.9 Å². The number of hydrogen-bond donors (Lipinski definition) is 2. The Morgan fingerprint density at radius 2 is 1.47 bits per heavy atom. The van der Waals surface area contributed by atoms with Crippen LogP contribution in [-0.2, 0) is 19.6 Å². The van der Waals surface area contributed by atoms with E-state index >= 15 is 4.57 Å². The summed E-state index contributed by atoms with van der Waals surface area (Å²) in [6, 6.07) is 35.7. The SMILES string of the molecule is COc1ccc(C(OC[C@@H]2O[C@@H](n3c(=O)[nH]c4c(NC(=O)c5ccccc5)ncnc43)C[C@@H]2N(CCC#N)P(=O)(C(C)C)C(C)C)(c2ccccc2)c2ccc(OC)cc2)cc1. The minimum absolute atomic E-state index is 0.0299. The van der Waals surface area contributed by atoms with Crippen molar-refractivity contribution in [2.75, 3.05) is 32.7 Å². The fourth-order valence-electron chi connectivity index (χ4n) is 8.59. The molecule has 2 aromatic heterocycles. The van der Waals surface area contributed by atoms with Crippen LogP contribution in [0.3, 0.4) is 0 Å². The second-order valence-corrected chi connectivity index (χ2v) is 19.6. The number of methoxy groups -OCH3 is 2. The van der Waals surface area contributed by atoms with Crippen molar-refractivity contribution in [1.82, 2.24) is 24.2 Å². The van der Waals surface area contributed by atoms with Crippen molar-refractivity contribution in [3.05, 3.63) is 148 Å². The Hall–Kier alpha value is -6.10. The molecular weight excluding hydrogens is 806 g/mol. The number of carbonyl (C=O) groups excluding carboxylic acids is 1. The Balaban J connectivity index is 1.35. The van der Waals surface area contributed by atoms with Crippen LogP contribution in [0.25, 0.3) is 11.2 Å². The summed E-state index contributed by atoms with van der Waals surface area (Å²) < 4.78 is 44.3. The number of aromatic nitrogens is 4. The molecule has 62 heavy (non-hydrogen) atoms. The maximum Gasteiger partial charge on any atom is 0.329 e. The van der Waals surface area contributed by atoms with Gasteiger partial charge in [-0.25, -0.2) is 24.0 Å². The van der Waals surface area contributed by atoms with Gasteiger partial charge in [0.2, 0.25) is 0 Å². The van der Waals surface area contributed by atoms with Crippen molar-refractivity contribution in [2.45, 2.75) is 75.8 Å². The second-order valence-electron chi connectivity index (χ2n) is 15.7. The molecule has 1 saturated heterocycles. The molecule has 14 nitrogen and oxygen atoms in total. The first-order valence-electron chi connectivity index (χ1n) is 20.6. The third-order valence-electron chi connectivity index (χ3n) is 11.6. The van der Waals surface area contributed by atoms with Crippen LogP contribution in [0.2, 0.25) is 0 Å². The van der Waals surface area contributed by atoms with E-state index in [2.05, 4.69) is 26.3 Å². The Kier molecular flexibility index (Phi) is 13.4. The maximum atomic E-state index is 15.4. The molecule has 2 N–H and O–H groups in total. The fourth-order valence-corrected chi connectivity index (χ4v) is 12.1.